The number of carbonyl (C=O) groups is 3. The van der Waals surface area contributed by atoms with E-state index >= 15 is 0 Å². The molecule has 1 aliphatic heterocycles. The van der Waals surface area contributed by atoms with Gasteiger partial charge in [-0.05, 0) is 44.9 Å². The summed E-state index contributed by atoms with van der Waals surface area (Å²) < 4.78 is 4.90. The van der Waals surface area contributed by atoms with E-state index in [-0.39, 0.29) is 24.3 Å². The van der Waals surface area contributed by atoms with Crippen LogP contribution in [0.1, 0.15) is 35.8 Å². The minimum absolute atomic E-state index is 0.0233. The Bertz CT molecular complexity index is 916. The zero-order valence-corrected chi connectivity index (χ0v) is 16.1. The Kier molecular flexibility index (Phi) is 6.13. The van der Waals surface area contributed by atoms with Gasteiger partial charge in [0.15, 0.2) is 0 Å². The number of esters is 1. The molecule has 0 spiro atoms. The van der Waals surface area contributed by atoms with Crippen molar-refractivity contribution in [3.63, 3.8) is 0 Å². The molecule has 2 aromatic rings. The molecule has 1 saturated heterocycles. The smallest absolute Gasteiger partial charge is 0.330 e. The summed E-state index contributed by atoms with van der Waals surface area (Å²) in [5, 5.41) is 6.66. The summed E-state index contributed by atoms with van der Waals surface area (Å²) in [5.41, 5.74) is 2.43. The van der Waals surface area contributed by atoms with Crippen LogP contribution in [-0.4, -0.2) is 42.0 Å². The number of ether oxygens (including phenoxy) is 1. The number of benzene rings is 1. The topological polar surface area (TPSA) is 100 Å². The van der Waals surface area contributed by atoms with Gasteiger partial charge in [-0.25, -0.2) is 4.79 Å². The van der Waals surface area contributed by atoms with E-state index < -0.39 is 12.0 Å². The quantitative estimate of drug-likeness (QED) is 0.504. The number of aryl methyl sites for hydroxylation is 1. The van der Waals surface area contributed by atoms with Crippen LogP contribution in [0.5, 0.6) is 0 Å². The van der Waals surface area contributed by atoms with Crippen LogP contribution >= 0.6 is 0 Å². The Morgan fingerprint density at radius 3 is 2.89 bits per heavy atom. The third-order valence-electron chi connectivity index (χ3n) is 4.79. The lowest BCUT2D eigenvalue weighted by molar-refractivity contribution is -0.137. The molecule has 2 atom stereocenters. The molecule has 0 unspecified atom stereocenters. The van der Waals surface area contributed by atoms with E-state index in [0.717, 1.165) is 16.5 Å². The van der Waals surface area contributed by atoms with Crippen molar-refractivity contribution in [1.82, 2.24) is 15.6 Å². The second-order valence-electron chi connectivity index (χ2n) is 6.98. The zero-order chi connectivity index (χ0) is 20.1. The number of aromatic amines is 1. The van der Waals surface area contributed by atoms with E-state index in [1.165, 1.54) is 6.08 Å². The van der Waals surface area contributed by atoms with E-state index in [2.05, 4.69) is 15.6 Å². The summed E-state index contributed by atoms with van der Waals surface area (Å²) in [5.74, 6) is -0.975. The van der Waals surface area contributed by atoms with Crippen molar-refractivity contribution in [3.05, 3.63) is 47.7 Å². The lowest BCUT2D eigenvalue weighted by atomic mass is 9.98. The highest BCUT2D eigenvalue weighted by molar-refractivity contribution is 5.98. The summed E-state index contributed by atoms with van der Waals surface area (Å²) in [7, 11) is 0. The molecule has 0 radical (unpaired) electrons. The van der Waals surface area contributed by atoms with Crippen molar-refractivity contribution >= 4 is 28.7 Å². The average Bonchev–Trinajstić information content (AvgIpc) is 3.25. The first-order valence-corrected chi connectivity index (χ1v) is 9.49. The number of H-pyrrole nitrogens is 1. The maximum absolute atomic E-state index is 12.7. The SMILES string of the molecule is CCOC(=O)/C=C/[C@H](C[C@@H]1CCNC1=O)NC(=O)c1cc2cc(C)ccc2[nH]1. The molecule has 0 bridgehead atoms. The van der Waals surface area contributed by atoms with Crippen molar-refractivity contribution in [2.45, 2.75) is 32.7 Å². The summed E-state index contributed by atoms with van der Waals surface area (Å²) in [6, 6.07) is 7.25. The van der Waals surface area contributed by atoms with Gasteiger partial charge < -0.3 is 20.4 Å². The van der Waals surface area contributed by atoms with Crippen LogP contribution in [0.15, 0.2) is 36.4 Å². The van der Waals surface area contributed by atoms with E-state index in [4.69, 9.17) is 4.74 Å². The Morgan fingerprint density at radius 2 is 2.18 bits per heavy atom. The van der Waals surface area contributed by atoms with Crippen molar-refractivity contribution < 1.29 is 19.1 Å². The lowest BCUT2D eigenvalue weighted by Gasteiger charge is -2.17. The predicted molar refractivity (Wildman–Crippen MR) is 106 cm³/mol. The number of fused-ring (bicyclic) bond motifs is 1. The van der Waals surface area contributed by atoms with Gasteiger partial charge in [0.25, 0.3) is 5.91 Å². The summed E-state index contributed by atoms with van der Waals surface area (Å²) >= 11 is 0. The molecule has 2 heterocycles. The molecule has 0 saturated carbocycles. The first-order valence-electron chi connectivity index (χ1n) is 9.49. The van der Waals surface area contributed by atoms with Crippen LogP contribution in [0, 0.1) is 12.8 Å². The fourth-order valence-corrected chi connectivity index (χ4v) is 3.37. The van der Waals surface area contributed by atoms with E-state index in [0.29, 0.717) is 25.1 Å². The summed E-state index contributed by atoms with van der Waals surface area (Å²) in [6.45, 7) is 4.63. The van der Waals surface area contributed by atoms with Crippen LogP contribution in [0.2, 0.25) is 0 Å². The molecular formula is C21H25N3O4. The second kappa shape index (κ2) is 8.73. The molecule has 7 nitrogen and oxygen atoms in total. The lowest BCUT2D eigenvalue weighted by Crippen LogP contribution is -2.36. The standard InChI is InChI=1S/C21H25N3O4/c1-3-28-19(25)7-5-16(11-14-8-9-22-20(14)26)23-21(27)18-12-15-10-13(2)4-6-17(15)24-18/h4-7,10,12,14,16,24H,3,8-9,11H2,1-2H3,(H,22,26)(H,23,27)/b7-5+/t14-,16+/m0/s1. The van der Waals surface area contributed by atoms with Crippen LogP contribution in [0.25, 0.3) is 10.9 Å². The van der Waals surface area contributed by atoms with Crippen LogP contribution in [-0.2, 0) is 14.3 Å². The zero-order valence-electron chi connectivity index (χ0n) is 16.1. The molecule has 1 aliphatic rings. The van der Waals surface area contributed by atoms with Gasteiger partial charge in [0.2, 0.25) is 5.91 Å². The number of amides is 2. The van der Waals surface area contributed by atoms with Gasteiger partial charge in [0.05, 0.1) is 6.61 Å². The molecule has 1 aromatic carbocycles. The van der Waals surface area contributed by atoms with Crippen LogP contribution in [0.4, 0.5) is 0 Å². The molecule has 3 rings (SSSR count). The monoisotopic (exact) mass is 383 g/mol. The van der Waals surface area contributed by atoms with Crippen molar-refractivity contribution in [1.29, 1.82) is 0 Å². The predicted octanol–water partition coefficient (Wildman–Crippen LogP) is 2.22. The molecule has 0 aliphatic carbocycles. The number of hydrogen-bond acceptors (Lipinski definition) is 4. The average molecular weight is 383 g/mol. The molecule has 28 heavy (non-hydrogen) atoms. The summed E-state index contributed by atoms with van der Waals surface area (Å²) in [4.78, 5) is 39.4. The van der Waals surface area contributed by atoms with E-state index in [1.54, 1.807) is 19.1 Å². The molecule has 2 amide bonds. The fourth-order valence-electron chi connectivity index (χ4n) is 3.37. The third kappa shape index (κ3) is 4.79. The highest BCUT2D eigenvalue weighted by Crippen LogP contribution is 2.19. The number of aromatic nitrogens is 1. The van der Waals surface area contributed by atoms with E-state index in [9.17, 15) is 14.4 Å². The minimum atomic E-state index is -0.473. The maximum atomic E-state index is 12.7. The first kappa shape index (κ1) is 19.7. The Balaban J connectivity index is 1.74. The first-order chi connectivity index (χ1) is 13.5. The Morgan fingerprint density at radius 1 is 1.36 bits per heavy atom. The number of hydrogen-bond donors (Lipinski definition) is 3. The molecule has 1 fully saturated rings. The largest absolute Gasteiger partial charge is 0.463 e. The summed E-state index contributed by atoms with van der Waals surface area (Å²) in [6.07, 6.45) is 4.03. The van der Waals surface area contributed by atoms with Crippen molar-refractivity contribution in [2.24, 2.45) is 5.92 Å². The number of rotatable bonds is 7. The highest BCUT2D eigenvalue weighted by atomic mass is 16.5. The fraction of sp³-hybridized carbons (Fsp3) is 0.381. The molecule has 1 aromatic heterocycles. The Hall–Kier alpha value is -3.09. The molecular weight excluding hydrogens is 358 g/mol. The normalized spacial score (nSPS) is 17.6. The molecule has 7 heteroatoms. The van der Waals surface area contributed by atoms with Gasteiger partial charge in [-0.2, -0.15) is 0 Å². The van der Waals surface area contributed by atoms with Crippen LogP contribution < -0.4 is 10.6 Å². The van der Waals surface area contributed by atoms with Gasteiger partial charge >= 0.3 is 5.97 Å². The van der Waals surface area contributed by atoms with Crippen molar-refractivity contribution in [3.8, 4) is 0 Å². The van der Waals surface area contributed by atoms with Crippen LogP contribution in [0.3, 0.4) is 0 Å². The minimum Gasteiger partial charge on any atom is -0.463 e. The third-order valence-corrected chi connectivity index (χ3v) is 4.79. The molecule has 3 N–H and O–H groups in total. The van der Waals surface area contributed by atoms with Crippen molar-refractivity contribution in [2.75, 3.05) is 13.2 Å². The van der Waals surface area contributed by atoms with Gasteiger partial charge in [0, 0.05) is 35.5 Å². The van der Waals surface area contributed by atoms with Gasteiger partial charge in [-0.3, -0.25) is 9.59 Å². The maximum Gasteiger partial charge on any atom is 0.330 e. The Labute approximate surface area is 163 Å². The second-order valence-corrected chi connectivity index (χ2v) is 6.98. The van der Waals surface area contributed by atoms with Gasteiger partial charge in [-0.1, -0.05) is 17.7 Å². The van der Waals surface area contributed by atoms with E-state index in [1.807, 2.05) is 25.1 Å². The van der Waals surface area contributed by atoms with Gasteiger partial charge in [-0.15, -0.1) is 0 Å². The number of nitrogens with one attached hydrogen (secondary N) is 3. The van der Waals surface area contributed by atoms with Gasteiger partial charge in [0.1, 0.15) is 5.69 Å². The highest BCUT2D eigenvalue weighted by Gasteiger charge is 2.27. The molecule has 148 valence electrons. The number of carbonyl (C=O) groups excluding carboxylic acids is 3.